The lowest BCUT2D eigenvalue weighted by Gasteiger charge is -2.17. The molecule has 0 spiro atoms. The zero-order valence-electron chi connectivity index (χ0n) is 15.7. The van der Waals surface area contributed by atoms with E-state index in [0.717, 1.165) is 0 Å². The Bertz CT molecular complexity index is 857. The van der Waals surface area contributed by atoms with Crippen molar-refractivity contribution in [3.05, 3.63) is 48.3 Å². The molecule has 0 saturated carbocycles. The molecule has 1 aliphatic rings. The third-order valence-corrected chi connectivity index (χ3v) is 4.55. The van der Waals surface area contributed by atoms with Crippen LogP contribution < -0.4 is 25.0 Å². The maximum absolute atomic E-state index is 13.1. The highest BCUT2D eigenvalue weighted by molar-refractivity contribution is 5.96. The van der Waals surface area contributed by atoms with Crippen molar-refractivity contribution in [3.63, 3.8) is 0 Å². The fourth-order valence-corrected chi connectivity index (χ4v) is 3.09. The Hall–Kier alpha value is -3.29. The van der Waals surface area contributed by atoms with Crippen molar-refractivity contribution in [1.82, 2.24) is 5.32 Å². The van der Waals surface area contributed by atoms with Gasteiger partial charge in [0.15, 0.2) is 0 Å². The van der Waals surface area contributed by atoms with Gasteiger partial charge in [0, 0.05) is 37.2 Å². The van der Waals surface area contributed by atoms with Gasteiger partial charge in [-0.05, 0) is 36.4 Å². The van der Waals surface area contributed by atoms with Gasteiger partial charge >= 0.3 is 6.03 Å². The summed E-state index contributed by atoms with van der Waals surface area (Å²) in [6.07, 6.45) is 0.323. The van der Waals surface area contributed by atoms with Crippen LogP contribution in [0, 0.1) is 11.7 Å². The first-order valence-corrected chi connectivity index (χ1v) is 8.83. The highest BCUT2D eigenvalue weighted by Gasteiger charge is 2.30. The number of hydrogen-bond acceptors (Lipinski definition) is 4. The molecule has 148 valence electrons. The lowest BCUT2D eigenvalue weighted by atomic mass is 10.1. The molecular weight excluding hydrogens is 365 g/mol. The molecule has 8 heteroatoms. The van der Waals surface area contributed by atoms with E-state index < -0.39 is 6.03 Å². The molecule has 2 aromatic rings. The number of hydrogen-bond donors (Lipinski definition) is 2. The summed E-state index contributed by atoms with van der Waals surface area (Å²) in [7, 11) is 3.05. The van der Waals surface area contributed by atoms with E-state index in [-0.39, 0.29) is 17.6 Å². The Balaban J connectivity index is 1.54. The molecule has 1 heterocycles. The second-order valence-corrected chi connectivity index (χ2v) is 6.45. The zero-order chi connectivity index (χ0) is 20.1. The molecule has 1 aliphatic heterocycles. The smallest absolute Gasteiger partial charge is 0.319 e. The molecule has 1 atom stereocenters. The first kappa shape index (κ1) is 19.5. The SMILES string of the molecule is COc1ccc(NC(=O)NC[C@@H]2CC(=O)N(c3ccc(F)cc3)C2)c(OC)c1. The van der Waals surface area contributed by atoms with Crippen molar-refractivity contribution in [2.24, 2.45) is 5.92 Å². The third-order valence-electron chi connectivity index (χ3n) is 4.55. The Morgan fingerprint density at radius 1 is 1.18 bits per heavy atom. The minimum atomic E-state index is -0.392. The number of carbonyl (C=O) groups excluding carboxylic acids is 2. The lowest BCUT2D eigenvalue weighted by molar-refractivity contribution is -0.117. The molecule has 2 aromatic carbocycles. The van der Waals surface area contributed by atoms with Gasteiger partial charge in [0.25, 0.3) is 0 Å². The van der Waals surface area contributed by atoms with E-state index in [1.165, 1.54) is 19.2 Å². The van der Waals surface area contributed by atoms with Gasteiger partial charge in [0.2, 0.25) is 5.91 Å². The maximum Gasteiger partial charge on any atom is 0.319 e. The quantitative estimate of drug-likeness (QED) is 0.799. The van der Waals surface area contributed by atoms with Crippen LogP contribution in [0.25, 0.3) is 0 Å². The van der Waals surface area contributed by atoms with E-state index in [1.807, 2.05) is 0 Å². The van der Waals surface area contributed by atoms with Crippen molar-refractivity contribution in [2.45, 2.75) is 6.42 Å². The monoisotopic (exact) mass is 387 g/mol. The summed E-state index contributed by atoms with van der Waals surface area (Å²) in [6.45, 7) is 0.810. The zero-order valence-corrected chi connectivity index (χ0v) is 15.7. The average molecular weight is 387 g/mol. The Morgan fingerprint density at radius 3 is 2.61 bits per heavy atom. The highest BCUT2D eigenvalue weighted by atomic mass is 19.1. The highest BCUT2D eigenvalue weighted by Crippen LogP contribution is 2.29. The van der Waals surface area contributed by atoms with Crippen LogP contribution in [0.2, 0.25) is 0 Å². The van der Waals surface area contributed by atoms with Gasteiger partial charge in [0.1, 0.15) is 17.3 Å². The number of rotatable bonds is 6. The van der Waals surface area contributed by atoms with Gasteiger partial charge in [-0.3, -0.25) is 4.79 Å². The summed E-state index contributed by atoms with van der Waals surface area (Å²) in [5, 5.41) is 5.51. The van der Waals surface area contributed by atoms with Gasteiger partial charge in [0.05, 0.1) is 19.9 Å². The molecular formula is C20H22FN3O4. The molecule has 0 aromatic heterocycles. The molecule has 1 fully saturated rings. The first-order chi connectivity index (χ1) is 13.5. The first-order valence-electron chi connectivity index (χ1n) is 8.83. The summed E-state index contributed by atoms with van der Waals surface area (Å²) in [5.41, 5.74) is 1.16. The number of carbonyl (C=O) groups is 2. The number of amides is 3. The fraction of sp³-hybridized carbons (Fsp3) is 0.300. The Labute approximate surface area is 162 Å². The van der Waals surface area contributed by atoms with Crippen LogP contribution in [0.5, 0.6) is 11.5 Å². The van der Waals surface area contributed by atoms with Crippen LogP contribution in [-0.2, 0) is 4.79 Å². The molecule has 0 bridgehead atoms. The van der Waals surface area contributed by atoms with E-state index >= 15 is 0 Å². The minimum absolute atomic E-state index is 0.0268. The fourth-order valence-electron chi connectivity index (χ4n) is 3.09. The molecule has 0 aliphatic carbocycles. The Kier molecular flexibility index (Phi) is 5.98. The van der Waals surface area contributed by atoms with Gasteiger partial charge in [-0.25, -0.2) is 9.18 Å². The maximum atomic E-state index is 13.1. The summed E-state index contributed by atoms with van der Waals surface area (Å²) in [4.78, 5) is 26.0. The van der Waals surface area contributed by atoms with Crippen molar-refractivity contribution in [2.75, 3.05) is 37.5 Å². The number of nitrogens with zero attached hydrogens (tertiary/aromatic N) is 1. The largest absolute Gasteiger partial charge is 0.497 e. The molecule has 1 saturated heterocycles. The minimum Gasteiger partial charge on any atom is -0.497 e. The predicted octanol–water partition coefficient (Wildman–Crippen LogP) is 3.02. The second kappa shape index (κ2) is 8.60. The summed E-state index contributed by atoms with van der Waals surface area (Å²) in [6, 6.07) is 10.5. The molecule has 28 heavy (non-hydrogen) atoms. The van der Waals surface area contributed by atoms with Crippen LogP contribution in [0.4, 0.5) is 20.6 Å². The van der Waals surface area contributed by atoms with Gasteiger partial charge in [-0.2, -0.15) is 0 Å². The van der Waals surface area contributed by atoms with Gasteiger partial charge in [-0.1, -0.05) is 0 Å². The molecule has 2 N–H and O–H groups in total. The second-order valence-electron chi connectivity index (χ2n) is 6.45. The van der Waals surface area contributed by atoms with E-state index in [4.69, 9.17) is 9.47 Å². The number of anilines is 2. The number of ether oxygens (including phenoxy) is 2. The predicted molar refractivity (Wildman–Crippen MR) is 103 cm³/mol. The number of urea groups is 1. The molecule has 0 unspecified atom stereocenters. The average Bonchev–Trinajstić information content (AvgIpc) is 3.08. The summed E-state index contributed by atoms with van der Waals surface area (Å²) < 4.78 is 23.4. The van der Waals surface area contributed by atoms with Crippen LogP contribution in [0.3, 0.4) is 0 Å². The standard InChI is InChI=1S/C20H22FN3O4/c1-27-16-7-8-17(18(10-16)28-2)23-20(26)22-11-13-9-19(25)24(12-13)15-5-3-14(21)4-6-15/h3-8,10,13H,9,11-12H2,1-2H3,(H2,22,23,26)/t13-/m0/s1. The van der Waals surface area contributed by atoms with Crippen molar-refractivity contribution in [1.29, 1.82) is 0 Å². The van der Waals surface area contributed by atoms with E-state index in [9.17, 15) is 14.0 Å². The van der Waals surface area contributed by atoms with Crippen molar-refractivity contribution >= 4 is 23.3 Å². The van der Waals surface area contributed by atoms with Crippen LogP contribution >= 0.6 is 0 Å². The normalized spacial score (nSPS) is 16.0. The van der Waals surface area contributed by atoms with Crippen LogP contribution in [0.1, 0.15) is 6.42 Å². The van der Waals surface area contributed by atoms with Gasteiger partial charge in [-0.15, -0.1) is 0 Å². The number of benzene rings is 2. The summed E-state index contributed by atoms with van der Waals surface area (Å²) in [5.74, 6) is 0.678. The molecule has 3 amide bonds. The van der Waals surface area contributed by atoms with E-state index in [0.29, 0.717) is 42.4 Å². The topological polar surface area (TPSA) is 79.9 Å². The van der Waals surface area contributed by atoms with Crippen molar-refractivity contribution in [3.8, 4) is 11.5 Å². The van der Waals surface area contributed by atoms with Crippen LogP contribution in [0.15, 0.2) is 42.5 Å². The van der Waals surface area contributed by atoms with Gasteiger partial charge < -0.3 is 25.0 Å². The molecule has 3 rings (SSSR count). The molecule has 0 radical (unpaired) electrons. The van der Waals surface area contributed by atoms with Crippen molar-refractivity contribution < 1.29 is 23.5 Å². The molecule has 7 nitrogen and oxygen atoms in total. The lowest BCUT2D eigenvalue weighted by Crippen LogP contribution is -2.34. The summed E-state index contributed by atoms with van der Waals surface area (Å²) >= 11 is 0. The van der Waals surface area contributed by atoms with E-state index in [1.54, 1.807) is 42.3 Å². The van der Waals surface area contributed by atoms with E-state index in [2.05, 4.69) is 10.6 Å². The van der Waals surface area contributed by atoms with Crippen LogP contribution in [-0.4, -0.2) is 39.2 Å². The third kappa shape index (κ3) is 4.51. The number of halogens is 1. The number of methoxy groups -OCH3 is 2. The Morgan fingerprint density at radius 2 is 1.93 bits per heavy atom. The number of nitrogens with one attached hydrogen (secondary N) is 2.